The lowest BCUT2D eigenvalue weighted by molar-refractivity contribution is 0.250. The summed E-state index contributed by atoms with van der Waals surface area (Å²) in [6.45, 7) is 2.68. The van der Waals surface area contributed by atoms with E-state index in [-0.39, 0.29) is 6.61 Å². The minimum atomic E-state index is 0.214. The Kier molecular flexibility index (Phi) is 5.47. The first-order valence-corrected chi connectivity index (χ1v) is 6.26. The van der Waals surface area contributed by atoms with Gasteiger partial charge < -0.3 is 10.8 Å². The van der Waals surface area contributed by atoms with Gasteiger partial charge in [0, 0.05) is 28.8 Å². The fourth-order valence-electron chi connectivity index (χ4n) is 1.16. The first-order valence-electron chi connectivity index (χ1n) is 4.90. The average Bonchev–Trinajstić information content (AvgIpc) is 2.25. The Labute approximate surface area is 99.8 Å². The monoisotopic (exact) mass is 245 g/mol. The van der Waals surface area contributed by atoms with E-state index < -0.39 is 0 Å². The molecule has 0 saturated heterocycles. The summed E-state index contributed by atoms with van der Waals surface area (Å²) < 4.78 is 0. The first kappa shape index (κ1) is 12.8. The van der Waals surface area contributed by atoms with Crippen molar-refractivity contribution in [1.29, 1.82) is 0 Å². The fraction of sp³-hybridized carbons (Fsp3) is 0.455. The molecule has 0 spiro atoms. The minimum absolute atomic E-state index is 0.214. The second kappa shape index (κ2) is 6.38. The molecule has 1 aromatic carbocycles. The predicted octanol–water partition coefficient (Wildman–Crippen LogP) is 2.52. The molecular formula is C11H16ClNOS. The van der Waals surface area contributed by atoms with Crippen molar-refractivity contribution in [2.45, 2.75) is 18.4 Å². The highest BCUT2D eigenvalue weighted by Gasteiger charge is 2.07. The fourth-order valence-corrected chi connectivity index (χ4v) is 2.58. The number of thioether (sulfide) groups is 1. The zero-order valence-corrected chi connectivity index (χ0v) is 10.3. The number of aliphatic hydroxyl groups excluding tert-OH is 1. The second-order valence-electron chi connectivity index (χ2n) is 3.52. The van der Waals surface area contributed by atoms with Gasteiger partial charge in [-0.1, -0.05) is 24.6 Å². The molecule has 0 aromatic heterocycles. The van der Waals surface area contributed by atoms with Crippen LogP contribution in [0.1, 0.15) is 12.5 Å². The number of benzene rings is 1. The molecule has 0 aliphatic heterocycles. The quantitative estimate of drug-likeness (QED) is 0.784. The summed E-state index contributed by atoms with van der Waals surface area (Å²) >= 11 is 7.73. The van der Waals surface area contributed by atoms with Gasteiger partial charge in [-0.25, -0.2) is 0 Å². The van der Waals surface area contributed by atoms with Crippen molar-refractivity contribution < 1.29 is 5.11 Å². The highest BCUT2D eigenvalue weighted by Crippen LogP contribution is 2.29. The van der Waals surface area contributed by atoms with E-state index in [2.05, 4.69) is 0 Å². The van der Waals surface area contributed by atoms with Crippen molar-refractivity contribution in [3.8, 4) is 0 Å². The third kappa shape index (κ3) is 3.68. The van der Waals surface area contributed by atoms with Gasteiger partial charge in [0.1, 0.15) is 0 Å². The van der Waals surface area contributed by atoms with Gasteiger partial charge >= 0.3 is 0 Å². The number of aliphatic hydroxyl groups is 1. The lowest BCUT2D eigenvalue weighted by Gasteiger charge is -2.11. The summed E-state index contributed by atoms with van der Waals surface area (Å²) in [5.74, 6) is 1.17. The highest BCUT2D eigenvalue weighted by atomic mass is 35.5. The molecule has 1 unspecified atom stereocenters. The van der Waals surface area contributed by atoms with Crippen LogP contribution in [-0.4, -0.2) is 17.5 Å². The van der Waals surface area contributed by atoms with Crippen LogP contribution in [0, 0.1) is 5.92 Å². The summed E-state index contributed by atoms with van der Waals surface area (Å²) in [5, 5.41) is 9.65. The Hall–Kier alpha value is -0.220. The van der Waals surface area contributed by atoms with Crippen molar-refractivity contribution in [2.75, 3.05) is 12.4 Å². The summed E-state index contributed by atoms with van der Waals surface area (Å²) in [7, 11) is 0. The Bertz CT molecular complexity index is 319. The largest absolute Gasteiger partial charge is 0.396 e. The number of rotatable bonds is 5. The normalized spacial score (nSPS) is 12.8. The van der Waals surface area contributed by atoms with Crippen LogP contribution >= 0.6 is 23.4 Å². The van der Waals surface area contributed by atoms with E-state index in [1.54, 1.807) is 11.8 Å². The van der Waals surface area contributed by atoms with Crippen molar-refractivity contribution >= 4 is 23.4 Å². The lowest BCUT2D eigenvalue weighted by atomic mass is 10.2. The van der Waals surface area contributed by atoms with Gasteiger partial charge in [-0.2, -0.15) is 0 Å². The smallest absolute Gasteiger partial charge is 0.0464 e. The standard InChI is InChI=1S/C11H16ClNOS/c1-8(6-14)7-15-11-4-2-3-10(12)9(11)5-13/h2-4,8,14H,5-7,13H2,1H3. The van der Waals surface area contributed by atoms with E-state index in [4.69, 9.17) is 22.4 Å². The molecule has 15 heavy (non-hydrogen) atoms. The average molecular weight is 246 g/mol. The van der Waals surface area contributed by atoms with E-state index in [0.717, 1.165) is 21.2 Å². The Balaban J connectivity index is 2.72. The third-order valence-electron chi connectivity index (χ3n) is 2.12. The van der Waals surface area contributed by atoms with Crippen LogP contribution in [0.3, 0.4) is 0 Å². The highest BCUT2D eigenvalue weighted by molar-refractivity contribution is 7.99. The molecule has 0 aliphatic rings. The number of hydrogen-bond donors (Lipinski definition) is 2. The molecular weight excluding hydrogens is 230 g/mol. The van der Waals surface area contributed by atoms with Crippen LogP contribution in [0.5, 0.6) is 0 Å². The Morgan fingerprint density at radius 3 is 2.87 bits per heavy atom. The van der Waals surface area contributed by atoms with Crippen molar-refractivity contribution in [1.82, 2.24) is 0 Å². The Morgan fingerprint density at radius 2 is 2.27 bits per heavy atom. The van der Waals surface area contributed by atoms with Gasteiger partial charge in [-0.3, -0.25) is 0 Å². The maximum absolute atomic E-state index is 8.93. The van der Waals surface area contributed by atoms with Crippen LogP contribution in [0.15, 0.2) is 23.1 Å². The minimum Gasteiger partial charge on any atom is -0.396 e. The van der Waals surface area contributed by atoms with Crippen molar-refractivity contribution in [3.05, 3.63) is 28.8 Å². The zero-order valence-electron chi connectivity index (χ0n) is 8.74. The maximum Gasteiger partial charge on any atom is 0.0464 e. The maximum atomic E-state index is 8.93. The van der Waals surface area contributed by atoms with E-state index in [1.807, 2.05) is 25.1 Å². The molecule has 0 saturated carbocycles. The number of hydrogen-bond acceptors (Lipinski definition) is 3. The van der Waals surface area contributed by atoms with Crippen LogP contribution in [0.4, 0.5) is 0 Å². The summed E-state index contributed by atoms with van der Waals surface area (Å²) in [5.41, 5.74) is 6.64. The molecule has 1 aromatic rings. The van der Waals surface area contributed by atoms with Crippen LogP contribution < -0.4 is 5.73 Å². The molecule has 1 rings (SSSR count). The van der Waals surface area contributed by atoms with Gasteiger partial charge in [0.05, 0.1) is 0 Å². The summed E-state index contributed by atoms with van der Waals surface area (Å²) in [6, 6.07) is 5.79. The van der Waals surface area contributed by atoms with Crippen LogP contribution in [-0.2, 0) is 6.54 Å². The van der Waals surface area contributed by atoms with Crippen molar-refractivity contribution in [2.24, 2.45) is 11.7 Å². The molecule has 3 N–H and O–H groups in total. The zero-order chi connectivity index (χ0) is 11.3. The van der Waals surface area contributed by atoms with E-state index >= 15 is 0 Å². The van der Waals surface area contributed by atoms with Crippen LogP contribution in [0.2, 0.25) is 5.02 Å². The van der Waals surface area contributed by atoms with Gasteiger partial charge in [-0.05, 0) is 23.6 Å². The molecule has 0 radical (unpaired) electrons. The molecule has 0 amide bonds. The van der Waals surface area contributed by atoms with Crippen molar-refractivity contribution in [3.63, 3.8) is 0 Å². The second-order valence-corrected chi connectivity index (χ2v) is 4.99. The topological polar surface area (TPSA) is 46.2 Å². The number of halogens is 1. The summed E-state index contributed by atoms with van der Waals surface area (Å²) in [4.78, 5) is 1.12. The van der Waals surface area contributed by atoms with Gasteiger partial charge in [0.2, 0.25) is 0 Å². The summed E-state index contributed by atoms with van der Waals surface area (Å²) in [6.07, 6.45) is 0. The van der Waals surface area contributed by atoms with Gasteiger partial charge in [-0.15, -0.1) is 11.8 Å². The Morgan fingerprint density at radius 1 is 1.53 bits per heavy atom. The number of nitrogens with two attached hydrogens (primary N) is 1. The molecule has 0 bridgehead atoms. The first-order chi connectivity index (χ1) is 7.19. The molecule has 84 valence electrons. The lowest BCUT2D eigenvalue weighted by Crippen LogP contribution is -2.05. The molecule has 2 nitrogen and oxygen atoms in total. The predicted molar refractivity (Wildman–Crippen MR) is 66.3 cm³/mol. The molecule has 0 aliphatic carbocycles. The van der Waals surface area contributed by atoms with E-state index in [1.165, 1.54) is 0 Å². The molecule has 4 heteroatoms. The van der Waals surface area contributed by atoms with Crippen LogP contribution in [0.25, 0.3) is 0 Å². The third-order valence-corrected chi connectivity index (χ3v) is 3.90. The van der Waals surface area contributed by atoms with E-state index in [0.29, 0.717) is 12.5 Å². The molecule has 0 heterocycles. The molecule has 1 atom stereocenters. The molecule has 0 fully saturated rings. The SMILES string of the molecule is CC(CO)CSc1cccc(Cl)c1CN. The van der Waals surface area contributed by atoms with Gasteiger partial charge in [0.25, 0.3) is 0 Å². The van der Waals surface area contributed by atoms with Gasteiger partial charge in [0.15, 0.2) is 0 Å². The van der Waals surface area contributed by atoms with E-state index in [9.17, 15) is 0 Å².